The number of hydrogen-bond acceptors (Lipinski definition) is 7. The van der Waals surface area contributed by atoms with Gasteiger partial charge in [0.2, 0.25) is 23.6 Å². The monoisotopic (exact) mass is 431 g/mol. The number of hydrogen-bond donors (Lipinski definition) is 7. The van der Waals surface area contributed by atoms with Crippen LogP contribution in [0.3, 0.4) is 0 Å². The Kier molecular flexibility index (Phi) is 11.0. The summed E-state index contributed by atoms with van der Waals surface area (Å²) >= 11 is 0. The van der Waals surface area contributed by atoms with Crippen LogP contribution < -0.4 is 27.4 Å². The molecule has 0 fully saturated rings. The van der Waals surface area contributed by atoms with Gasteiger partial charge >= 0.3 is 11.9 Å². The summed E-state index contributed by atoms with van der Waals surface area (Å²) in [5.41, 5.74) is 10.5. The fourth-order valence-electron chi connectivity index (χ4n) is 2.31. The van der Waals surface area contributed by atoms with Crippen molar-refractivity contribution in [3.63, 3.8) is 0 Å². The fourth-order valence-corrected chi connectivity index (χ4v) is 2.31. The third-order valence-electron chi connectivity index (χ3n) is 4.24. The van der Waals surface area contributed by atoms with E-state index in [9.17, 15) is 33.9 Å². The first-order chi connectivity index (χ1) is 13.8. The van der Waals surface area contributed by atoms with E-state index >= 15 is 0 Å². The van der Waals surface area contributed by atoms with Crippen LogP contribution in [0, 0.1) is 5.92 Å². The normalized spacial score (nSPS) is 15.6. The highest BCUT2D eigenvalue weighted by Gasteiger charge is 2.33. The maximum Gasteiger partial charge on any atom is 0.326 e. The zero-order valence-corrected chi connectivity index (χ0v) is 17.0. The zero-order valence-electron chi connectivity index (χ0n) is 17.0. The lowest BCUT2D eigenvalue weighted by atomic mass is 9.98. The Morgan fingerprint density at radius 3 is 1.70 bits per heavy atom. The van der Waals surface area contributed by atoms with Gasteiger partial charge in [-0.3, -0.25) is 24.0 Å². The number of carboxylic acids is 2. The molecule has 0 aliphatic carbocycles. The van der Waals surface area contributed by atoms with Crippen molar-refractivity contribution in [2.24, 2.45) is 17.4 Å². The predicted molar refractivity (Wildman–Crippen MR) is 103 cm³/mol. The van der Waals surface area contributed by atoms with Crippen molar-refractivity contribution in [2.75, 3.05) is 0 Å². The first-order valence-electron chi connectivity index (χ1n) is 9.19. The minimum absolute atomic E-state index is 0.414. The van der Waals surface area contributed by atoms with Gasteiger partial charge in [0.05, 0.1) is 18.9 Å². The molecule has 0 aromatic rings. The zero-order chi connectivity index (χ0) is 23.6. The summed E-state index contributed by atoms with van der Waals surface area (Å²) < 4.78 is 0. The Morgan fingerprint density at radius 1 is 0.833 bits per heavy atom. The predicted octanol–water partition coefficient (Wildman–Crippen LogP) is -2.73. The summed E-state index contributed by atoms with van der Waals surface area (Å²) in [5, 5.41) is 24.8. The van der Waals surface area contributed by atoms with Gasteiger partial charge in [-0.1, -0.05) is 20.3 Å². The fraction of sp³-hybridized carbons (Fsp3) is 0.647. The lowest BCUT2D eigenvalue weighted by Gasteiger charge is -2.25. The lowest BCUT2D eigenvalue weighted by molar-refractivity contribution is -0.145. The second kappa shape index (κ2) is 12.4. The van der Waals surface area contributed by atoms with Gasteiger partial charge in [0.1, 0.15) is 18.1 Å². The molecule has 5 atom stereocenters. The number of carboxylic acid groups (broad SMARTS) is 2. The highest BCUT2D eigenvalue weighted by Crippen LogP contribution is 2.09. The molecule has 0 aromatic carbocycles. The van der Waals surface area contributed by atoms with Crippen LogP contribution in [-0.2, 0) is 28.8 Å². The third kappa shape index (κ3) is 9.32. The number of carbonyl (C=O) groups is 6. The van der Waals surface area contributed by atoms with Crippen molar-refractivity contribution in [3.8, 4) is 0 Å². The molecule has 0 bridgehead atoms. The molecule has 30 heavy (non-hydrogen) atoms. The van der Waals surface area contributed by atoms with Crippen molar-refractivity contribution in [3.05, 3.63) is 0 Å². The largest absolute Gasteiger partial charge is 0.481 e. The highest BCUT2D eigenvalue weighted by molar-refractivity contribution is 5.97. The summed E-state index contributed by atoms with van der Waals surface area (Å²) in [7, 11) is 0. The Labute approximate surface area is 172 Å². The van der Waals surface area contributed by atoms with E-state index in [1.807, 2.05) is 0 Å². The van der Waals surface area contributed by atoms with Gasteiger partial charge in [0.25, 0.3) is 0 Å². The minimum atomic E-state index is -1.66. The van der Waals surface area contributed by atoms with Gasteiger partial charge in [-0.15, -0.1) is 0 Å². The molecule has 0 spiro atoms. The van der Waals surface area contributed by atoms with E-state index in [1.54, 1.807) is 13.8 Å². The number of rotatable bonds is 13. The summed E-state index contributed by atoms with van der Waals surface area (Å²) in [5.74, 6) is -7.07. The van der Waals surface area contributed by atoms with Crippen LogP contribution >= 0.6 is 0 Å². The summed E-state index contributed by atoms with van der Waals surface area (Å²) in [6.45, 7) is 4.62. The van der Waals surface area contributed by atoms with Crippen LogP contribution in [0.15, 0.2) is 0 Å². The van der Waals surface area contributed by atoms with E-state index in [4.69, 9.17) is 16.6 Å². The Hall–Kier alpha value is -3.22. The van der Waals surface area contributed by atoms with E-state index in [1.165, 1.54) is 6.92 Å². The smallest absolute Gasteiger partial charge is 0.326 e. The first kappa shape index (κ1) is 26.8. The Bertz CT molecular complexity index is 681. The molecule has 0 radical (unpaired) electrons. The molecule has 0 aliphatic heterocycles. The van der Waals surface area contributed by atoms with Crippen LogP contribution in [0.25, 0.3) is 0 Å². The van der Waals surface area contributed by atoms with Gasteiger partial charge in [-0.25, -0.2) is 4.79 Å². The molecule has 13 nitrogen and oxygen atoms in total. The van der Waals surface area contributed by atoms with E-state index in [0.29, 0.717) is 6.42 Å². The molecular weight excluding hydrogens is 402 g/mol. The molecule has 9 N–H and O–H groups in total. The Balaban J connectivity index is 5.53. The molecule has 0 saturated carbocycles. The summed E-state index contributed by atoms with van der Waals surface area (Å²) in [6, 6.07) is -5.49. The number of nitrogens with two attached hydrogens (primary N) is 2. The SMILES string of the molecule is CCC(C)C(NC(=O)C(CC(=O)O)NC(=O)C(CC(N)=O)NC(=O)C(C)N)C(=O)O. The van der Waals surface area contributed by atoms with E-state index in [2.05, 4.69) is 16.0 Å². The third-order valence-corrected chi connectivity index (χ3v) is 4.24. The maximum absolute atomic E-state index is 12.5. The maximum atomic E-state index is 12.5. The molecule has 0 aromatic heterocycles. The molecule has 0 saturated heterocycles. The number of amides is 4. The summed E-state index contributed by atoms with van der Waals surface area (Å²) in [6.07, 6.45) is -1.08. The molecule has 0 heterocycles. The standard InChI is InChI=1S/C17H29N5O8/c1-4-7(2)13(17(29)30)22-16(28)10(6-12(24)25)21-15(27)9(5-11(19)23)20-14(26)8(3)18/h7-10,13H,4-6,18H2,1-3H3,(H2,19,23)(H,20,26)(H,21,27)(H,22,28)(H,24,25)(H,29,30). The van der Waals surface area contributed by atoms with Crippen molar-refractivity contribution in [2.45, 2.75) is 64.2 Å². The minimum Gasteiger partial charge on any atom is -0.481 e. The van der Waals surface area contributed by atoms with Gasteiger partial charge in [0.15, 0.2) is 0 Å². The average molecular weight is 431 g/mol. The molecule has 0 aliphatic rings. The van der Waals surface area contributed by atoms with Crippen LogP contribution in [0.1, 0.15) is 40.0 Å². The number of aliphatic carboxylic acids is 2. The van der Waals surface area contributed by atoms with Gasteiger partial charge in [0, 0.05) is 0 Å². The molecule has 0 rings (SSSR count). The topological polar surface area (TPSA) is 231 Å². The molecule has 13 heteroatoms. The van der Waals surface area contributed by atoms with Crippen LogP contribution in [0.4, 0.5) is 0 Å². The second-order valence-electron chi connectivity index (χ2n) is 6.89. The second-order valence-corrected chi connectivity index (χ2v) is 6.89. The molecule has 170 valence electrons. The molecule has 4 amide bonds. The van der Waals surface area contributed by atoms with Crippen molar-refractivity contribution < 1.29 is 39.0 Å². The van der Waals surface area contributed by atoms with Crippen LogP contribution in [0.2, 0.25) is 0 Å². The van der Waals surface area contributed by atoms with Crippen LogP contribution in [0.5, 0.6) is 0 Å². The molecular formula is C17H29N5O8. The number of primary amides is 1. The van der Waals surface area contributed by atoms with E-state index in [-0.39, 0.29) is 0 Å². The quantitative estimate of drug-likeness (QED) is 0.160. The summed E-state index contributed by atoms with van der Waals surface area (Å²) in [4.78, 5) is 70.4. The number of carbonyl (C=O) groups excluding carboxylic acids is 4. The average Bonchev–Trinajstić information content (AvgIpc) is 2.62. The van der Waals surface area contributed by atoms with Gasteiger partial charge in [-0.2, -0.15) is 0 Å². The molecule has 5 unspecified atom stereocenters. The number of nitrogens with one attached hydrogen (secondary N) is 3. The van der Waals surface area contributed by atoms with Gasteiger partial charge < -0.3 is 37.6 Å². The van der Waals surface area contributed by atoms with Gasteiger partial charge in [-0.05, 0) is 12.8 Å². The van der Waals surface area contributed by atoms with Crippen molar-refractivity contribution in [1.82, 2.24) is 16.0 Å². The van der Waals surface area contributed by atoms with Crippen LogP contribution in [-0.4, -0.2) is 69.9 Å². The van der Waals surface area contributed by atoms with E-state index in [0.717, 1.165) is 0 Å². The lowest BCUT2D eigenvalue weighted by Crippen LogP contribution is -2.58. The van der Waals surface area contributed by atoms with Crippen molar-refractivity contribution >= 4 is 35.6 Å². The van der Waals surface area contributed by atoms with E-state index < -0.39 is 78.5 Å². The van der Waals surface area contributed by atoms with Crippen molar-refractivity contribution in [1.29, 1.82) is 0 Å². The first-order valence-corrected chi connectivity index (χ1v) is 9.19. The highest BCUT2D eigenvalue weighted by atomic mass is 16.4. The Morgan fingerprint density at radius 2 is 1.30 bits per heavy atom.